The van der Waals surface area contributed by atoms with Gasteiger partial charge in [0.05, 0.1) is 19.8 Å². The summed E-state index contributed by atoms with van der Waals surface area (Å²) >= 11 is 6.03. The molecule has 108 valence electrons. The van der Waals surface area contributed by atoms with Gasteiger partial charge in [0, 0.05) is 23.0 Å². The summed E-state index contributed by atoms with van der Waals surface area (Å²) in [6.07, 6.45) is 3.49. The minimum absolute atomic E-state index is 0.201. The highest BCUT2D eigenvalue weighted by atomic mass is 35.5. The zero-order chi connectivity index (χ0) is 14.7. The molecule has 0 fully saturated rings. The molecule has 3 nitrogen and oxygen atoms in total. The van der Waals surface area contributed by atoms with E-state index in [2.05, 4.69) is 0 Å². The number of halogens is 1. The van der Waals surface area contributed by atoms with Crippen molar-refractivity contribution in [3.63, 3.8) is 0 Å². The smallest absolute Gasteiger partial charge is 0.123 e. The highest BCUT2D eigenvalue weighted by molar-refractivity contribution is 6.30. The van der Waals surface area contributed by atoms with Gasteiger partial charge in [0.15, 0.2) is 0 Å². The van der Waals surface area contributed by atoms with Gasteiger partial charge in [-0.2, -0.15) is 0 Å². The number of methoxy groups -OCH3 is 1. The number of rotatable bonds is 5. The maximum atomic E-state index is 10.1. The number of aliphatic hydroxyl groups excluding tert-OH is 1. The molecule has 4 heteroatoms. The lowest BCUT2D eigenvalue weighted by Gasteiger charge is -2.13. The Kier molecular flexibility index (Phi) is 4.73. The Morgan fingerprint density at radius 1 is 1.30 bits per heavy atom. The van der Waals surface area contributed by atoms with E-state index in [0.29, 0.717) is 11.6 Å². The van der Waals surface area contributed by atoms with E-state index >= 15 is 0 Å². The van der Waals surface area contributed by atoms with Crippen LogP contribution in [0.5, 0.6) is 5.75 Å². The lowest BCUT2D eigenvalue weighted by Crippen LogP contribution is -2.04. The Bertz CT molecular complexity index is 578. The highest BCUT2D eigenvalue weighted by Crippen LogP contribution is 2.25. The van der Waals surface area contributed by atoms with Gasteiger partial charge < -0.3 is 14.4 Å². The topological polar surface area (TPSA) is 34.4 Å². The van der Waals surface area contributed by atoms with Gasteiger partial charge in [0.25, 0.3) is 0 Å². The SMILES string of the molecule is COc1ccc(Cl)cc1Cn1ccc(C(O)C(C)C)c1. The van der Waals surface area contributed by atoms with E-state index in [0.717, 1.165) is 16.9 Å². The van der Waals surface area contributed by atoms with Crippen LogP contribution in [0.2, 0.25) is 5.02 Å². The van der Waals surface area contributed by atoms with Gasteiger partial charge in [0.1, 0.15) is 5.75 Å². The minimum atomic E-state index is -0.433. The van der Waals surface area contributed by atoms with E-state index in [9.17, 15) is 5.11 Å². The monoisotopic (exact) mass is 293 g/mol. The Hall–Kier alpha value is -1.45. The van der Waals surface area contributed by atoms with Gasteiger partial charge in [0.2, 0.25) is 0 Å². The van der Waals surface area contributed by atoms with Gasteiger partial charge in [-0.25, -0.2) is 0 Å². The van der Waals surface area contributed by atoms with Crippen molar-refractivity contribution in [1.82, 2.24) is 4.57 Å². The van der Waals surface area contributed by atoms with Crippen molar-refractivity contribution in [3.05, 3.63) is 52.8 Å². The maximum absolute atomic E-state index is 10.1. The molecule has 0 aliphatic rings. The standard InChI is InChI=1S/C16H20ClNO2/c1-11(2)16(19)12-6-7-18(9-12)10-13-8-14(17)4-5-15(13)20-3/h4-9,11,16,19H,10H2,1-3H3. The van der Waals surface area contributed by atoms with Crippen molar-refractivity contribution >= 4 is 11.6 Å². The molecule has 2 rings (SSSR count). The summed E-state index contributed by atoms with van der Waals surface area (Å²) in [4.78, 5) is 0. The van der Waals surface area contributed by atoms with Crippen LogP contribution in [-0.2, 0) is 6.54 Å². The summed E-state index contributed by atoms with van der Waals surface area (Å²) in [6.45, 7) is 4.67. The normalized spacial score (nSPS) is 12.7. The fourth-order valence-corrected chi connectivity index (χ4v) is 2.38. The fraction of sp³-hybridized carbons (Fsp3) is 0.375. The zero-order valence-corrected chi connectivity index (χ0v) is 12.8. The molecule has 1 N–H and O–H groups in total. The van der Waals surface area contributed by atoms with E-state index in [1.165, 1.54) is 0 Å². The molecule has 0 spiro atoms. The molecule has 0 amide bonds. The van der Waals surface area contributed by atoms with Crippen LogP contribution in [0.4, 0.5) is 0 Å². The number of hydrogen-bond acceptors (Lipinski definition) is 2. The average Bonchev–Trinajstić information content (AvgIpc) is 2.86. The van der Waals surface area contributed by atoms with Crippen LogP contribution in [0.25, 0.3) is 0 Å². The molecule has 0 bridgehead atoms. The lowest BCUT2D eigenvalue weighted by molar-refractivity contribution is 0.127. The van der Waals surface area contributed by atoms with E-state index in [1.54, 1.807) is 7.11 Å². The van der Waals surface area contributed by atoms with Crippen molar-refractivity contribution in [3.8, 4) is 5.75 Å². The molecule has 1 aromatic carbocycles. The molecular weight excluding hydrogens is 274 g/mol. The summed E-state index contributed by atoms with van der Waals surface area (Å²) in [5, 5.41) is 10.8. The molecule has 1 heterocycles. The van der Waals surface area contributed by atoms with Crippen molar-refractivity contribution in [2.24, 2.45) is 5.92 Å². The quantitative estimate of drug-likeness (QED) is 0.907. The molecule has 0 aliphatic carbocycles. The summed E-state index contributed by atoms with van der Waals surface area (Å²) in [5.41, 5.74) is 1.95. The first-order valence-electron chi connectivity index (χ1n) is 6.67. The Balaban J connectivity index is 2.20. The molecule has 20 heavy (non-hydrogen) atoms. The first-order chi connectivity index (χ1) is 9.51. The summed E-state index contributed by atoms with van der Waals surface area (Å²) in [7, 11) is 1.65. The molecule has 0 saturated carbocycles. The third-order valence-corrected chi connectivity index (χ3v) is 3.58. The molecule has 0 aliphatic heterocycles. The van der Waals surface area contributed by atoms with Gasteiger partial charge in [-0.1, -0.05) is 25.4 Å². The fourth-order valence-electron chi connectivity index (χ4n) is 2.18. The van der Waals surface area contributed by atoms with Gasteiger partial charge in [-0.05, 0) is 35.7 Å². The van der Waals surface area contributed by atoms with Crippen molar-refractivity contribution in [2.45, 2.75) is 26.5 Å². The highest BCUT2D eigenvalue weighted by Gasteiger charge is 2.13. The Morgan fingerprint density at radius 3 is 2.70 bits per heavy atom. The van der Waals surface area contributed by atoms with E-state index in [1.807, 2.05) is 55.1 Å². The van der Waals surface area contributed by atoms with Gasteiger partial charge in [-0.15, -0.1) is 0 Å². The largest absolute Gasteiger partial charge is 0.496 e. The van der Waals surface area contributed by atoms with Crippen LogP contribution in [0.15, 0.2) is 36.7 Å². The third-order valence-electron chi connectivity index (χ3n) is 3.34. The second-order valence-electron chi connectivity index (χ2n) is 5.26. The van der Waals surface area contributed by atoms with Crippen LogP contribution in [0.3, 0.4) is 0 Å². The van der Waals surface area contributed by atoms with Crippen molar-refractivity contribution in [2.75, 3.05) is 7.11 Å². The Labute approximate surface area is 124 Å². The van der Waals surface area contributed by atoms with Crippen LogP contribution >= 0.6 is 11.6 Å². The number of hydrogen-bond donors (Lipinski definition) is 1. The number of ether oxygens (including phenoxy) is 1. The van der Waals surface area contributed by atoms with Crippen molar-refractivity contribution in [1.29, 1.82) is 0 Å². The molecule has 2 aromatic rings. The molecule has 1 atom stereocenters. The average molecular weight is 294 g/mol. The van der Waals surface area contributed by atoms with Crippen LogP contribution in [0, 0.1) is 5.92 Å². The van der Waals surface area contributed by atoms with E-state index in [4.69, 9.17) is 16.3 Å². The predicted molar refractivity (Wildman–Crippen MR) is 81.3 cm³/mol. The van der Waals surface area contributed by atoms with E-state index < -0.39 is 6.10 Å². The number of aromatic nitrogens is 1. The first kappa shape index (κ1) is 14.9. The third kappa shape index (κ3) is 3.35. The van der Waals surface area contributed by atoms with E-state index in [-0.39, 0.29) is 5.92 Å². The van der Waals surface area contributed by atoms with Crippen LogP contribution < -0.4 is 4.74 Å². The van der Waals surface area contributed by atoms with Gasteiger partial charge in [-0.3, -0.25) is 0 Å². The maximum Gasteiger partial charge on any atom is 0.123 e. The van der Waals surface area contributed by atoms with Gasteiger partial charge >= 0.3 is 0 Å². The molecule has 0 saturated heterocycles. The zero-order valence-electron chi connectivity index (χ0n) is 12.0. The summed E-state index contributed by atoms with van der Waals surface area (Å²) in [5.74, 6) is 1.01. The lowest BCUT2D eigenvalue weighted by atomic mass is 10.0. The Morgan fingerprint density at radius 2 is 2.05 bits per heavy atom. The predicted octanol–water partition coefficient (Wildman–Crippen LogP) is 3.89. The van der Waals surface area contributed by atoms with Crippen LogP contribution in [-0.4, -0.2) is 16.8 Å². The molecule has 1 unspecified atom stereocenters. The van der Waals surface area contributed by atoms with Crippen molar-refractivity contribution < 1.29 is 9.84 Å². The second-order valence-corrected chi connectivity index (χ2v) is 5.70. The molecule has 1 aromatic heterocycles. The van der Waals surface area contributed by atoms with Crippen LogP contribution in [0.1, 0.15) is 31.1 Å². The molecular formula is C16H20ClNO2. The number of aliphatic hydroxyl groups is 1. The summed E-state index contributed by atoms with van der Waals surface area (Å²) in [6, 6.07) is 7.53. The first-order valence-corrected chi connectivity index (χ1v) is 7.05. The second kappa shape index (κ2) is 6.33. The minimum Gasteiger partial charge on any atom is -0.496 e. The number of benzene rings is 1. The summed E-state index contributed by atoms with van der Waals surface area (Å²) < 4.78 is 7.37. The molecule has 0 radical (unpaired) electrons. The number of nitrogens with zero attached hydrogens (tertiary/aromatic N) is 1.